The number of aliphatic hydroxyl groups is 1. The highest BCUT2D eigenvalue weighted by Crippen LogP contribution is 2.24. The first kappa shape index (κ1) is 14.8. The molecule has 0 aliphatic carbocycles. The van der Waals surface area contributed by atoms with Gasteiger partial charge in [0.15, 0.2) is 0 Å². The van der Waals surface area contributed by atoms with E-state index in [1.165, 1.54) is 23.9 Å². The van der Waals surface area contributed by atoms with Gasteiger partial charge in [-0.05, 0) is 25.5 Å². The van der Waals surface area contributed by atoms with Gasteiger partial charge in [0.1, 0.15) is 0 Å². The highest BCUT2D eigenvalue weighted by Gasteiger charge is 2.33. The quantitative estimate of drug-likeness (QED) is 0.519. The largest absolute Gasteiger partial charge is 0.388 e. The summed E-state index contributed by atoms with van der Waals surface area (Å²) in [4.78, 5) is 24.5. The van der Waals surface area contributed by atoms with Crippen LogP contribution in [0.5, 0.6) is 0 Å². The lowest BCUT2D eigenvalue weighted by Gasteiger charge is -2.18. The molecule has 0 radical (unpaired) electrons. The molecule has 7 heteroatoms. The molecule has 0 spiro atoms. The first-order chi connectivity index (χ1) is 9.37. The van der Waals surface area contributed by atoms with Crippen molar-refractivity contribution in [2.75, 3.05) is 18.8 Å². The number of hydrogen-bond acceptors (Lipinski definition) is 5. The summed E-state index contributed by atoms with van der Waals surface area (Å²) in [5.41, 5.74) is -0.746. The highest BCUT2D eigenvalue weighted by atomic mass is 32.2. The third kappa shape index (κ3) is 3.71. The minimum Gasteiger partial charge on any atom is -0.388 e. The molecule has 1 heterocycles. The van der Waals surface area contributed by atoms with Crippen LogP contribution in [0.15, 0.2) is 29.2 Å². The van der Waals surface area contributed by atoms with E-state index < -0.39 is 10.5 Å². The number of nitro groups is 1. The number of β-amino-alcohol motifs (C(OH)–C–C–N with tert-alkyl or cyclic N) is 1. The van der Waals surface area contributed by atoms with Gasteiger partial charge in [0.25, 0.3) is 5.69 Å². The first-order valence-corrected chi connectivity index (χ1v) is 7.23. The summed E-state index contributed by atoms with van der Waals surface area (Å²) in [6.45, 7) is 2.67. The topological polar surface area (TPSA) is 83.7 Å². The fraction of sp³-hybridized carbons (Fsp3) is 0.462. The van der Waals surface area contributed by atoms with Gasteiger partial charge in [-0.15, -0.1) is 11.8 Å². The summed E-state index contributed by atoms with van der Waals surface area (Å²) in [5, 5.41) is 20.3. The Hall–Kier alpha value is -1.60. The van der Waals surface area contributed by atoms with Crippen LogP contribution in [0.1, 0.15) is 13.3 Å². The van der Waals surface area contributed by atoms with Gasteiger partial charge in [-0.2, -0.15) is 0 Å². The minimum absolute atomic E-state index is 0.0221. The molecular weight excluding hydrogens is 280 g/mol. The molecule has 108 valence electrons. The van der Waals surface area contributed by atoms with Crippen LogP contribution in [0.25, 0.3) is 0 Å². The second-order valence-electron chi connectivity index (χ2n) is 5.10. The van der Waals surface area contributed by atoms with Crippen LogP contribution in [0.4, 0.5) is 5.69 Å². The van der Waals surface area contributed by atoms with Gasteiger partial charge < -0.3 is 10.0 Å². The van der Waals surface area contributed by atoms with Crippen LogP contribution >= 0.6 is 11.8 Å². The smallest absolute Gasteiger partial charge is 0.269 e. The lowest BCUT2D eigenvalue weighted by Crippen LogP contribution is -2.34. The Bertz CT molecular complexity index is 516. The number of carbonyl (C=O) groups excluding carboxylic acids is 1. The normalized spacial score (nSPS) is 22.0. The number of nitrogens with zero attached hydrogens (tertiary/aromatic N) is 2. The molecule has 1 fully saturated rings. The van der Waals surface area contributed by atoms with Crippen molar-refractivity contribution in [3.63, 3.8) is 0 Å². The molecule has 1 unspecified atom stereocenters. The Kier molecular flexibility index (Phi) is 4.29. The summed E-state index contributed by atoms with van der Waals surface area (Å²) >= 11 is 1.34. The predicted molar refractivity (Wildman–Crippen MR) is 75.6 cm³/mol. The molecule has 1 aromatic carbocycles. The molecule has 20 heavy (non-hydrogen) atoms. The van der Waals surface area contributed by atoms with E-state index in [2.05, 4.69) is 0 Å². The Morgan fingerprint density at radius 3 is 2.65 bits per heavy atom. The number of nitro benzene ring substituents is 1. The number of non-ortho nitro benzene ring substituents is 1. The third-order valence-corrected chi connectivity index (χ3v) is 4.21. The SMILES string of the molecule is CC1(O)CCN(C(=O)CSc2ccc([N+](=O)[O-])cc2)C1. The maximum Gasteiger partial charge on any atom is 0.269 e. The van der Waals surface area contributed by atoms with Crippen LogP contribution in [0.3, 0.4) is 0 Å². The maximum atomic E-state index is 12.0. The van der Waals surface area contributed by atoms with Crippen LogP contribution in [0.2, 0.25) is 0 Å². The van der Waals surface area contributed by atoms with E-state index in [9.17, 15) is 20.0 Å². The van der Waals surface area contributed by atoms with Crippen LogP contribution in [0, 0.1) is 10.1 Å². The predicted octanol–water partition coefficient (Wildman–Crippen LogP) is 1.67. The van der Waals surface area contributed by atoms with Gasteiger partial charge in [0.05, 0.1) is 16.3 Å². The van der Waals surface area contributed by atoms with Gasteiger partial charge in [0.2, 0.25) is 5.91 Å². The van der Waals surface area contributed by atoms with E-state index in [1.807, 2.05) is 0 Å². The zero-order chi connectivity index (χ0) is 14.8. The van der Waals surface area contributed by atoms with Crippen molar-refractivity contribution >= 4 is 23.4 Å². The number of rotatable bonds is 4. The molecule has 1 aliphatic heterocycles. The molecule has 1 amide bonds. The molecular formula is C13H16N2O4S. The fourth-order valence-electron chi connectivity index (χ4n) is 2.06. The van der Waals surface area contributed by atoms with Gasteiger partial charge in [0, 0.05) is 30.1 Å². The molecule has 0 aromatic heterocycles. The van der Waals surface area contributed by atoms with Crippen molar-refractivity contribution in [3.05, 3.63) is 34.4 Å². The van der Waals surface area contributed by atoms with Crippen molar-refractivity contribution < 1.29 is 14.8 Å². The van der Waals surface area contributed by atoms with E-state index in [1.54, 1.807) is 24.0 Å². The van der Waals surface area contributed by atoms with E-state index in [0.717, 1.165) is 4.90 Å². The molecule has 1 aliphatic rings. The second kappa shape index (κ2) is 5.80. The van der Waals surface area contributed by atoms with Crippen LogP contribution in [-0.2, 0) is 4.79 Å². The van der Waals surface area contributed by atoms with Crippen molar-refractivity contribution in [1.82, 2.24) is 4.90 Å². The Morgan fingerprint density at radius 1 is 1.50 bits per heavy atom. The lowest BCUT2D eigenvalue weighted by molar-refractivity contribution is -0.384. The zero-order valence-electron chi connectivity index (χ0n) is 11.1. The summed E-state index contributed by atoms with van der Waals surface area (Å²) in [6, 6.07) is 6.12. The third-order valence-electron chi connectivity index (χ3n) is 3.21. The van der Waals surface area contributed by atoms with Gasteiger partial charge in [-0.3, -0.25) is 14.9 Å². The van der Waals surface area contributed by atoms with E-state index >= 15 is 0 Å². The second-order valence-corrected chi connectivity index (χ2v) is 6.15. The van der Waals surface area contributed by atoms with Crippen molar-refractivity contribution in [3.8, 4) is 0 Å². The highest BCUT2D eigenvalue weighted by molar-refractivity contribution is 8.00. The fourth-order valence-corrected chi connectivity index (χ4v) is 2.86. The summed E-state index contributed by atoms with van der Waals surface area (Å²) in [7, 11) is 0. The Morgan fingerprint density at radius 2 is 2.15 bits per heavy atom. The molecule has 1 aromatic rings. The first-order valence-electron chi connectivity index (χ1n) is 6.25. The Labute approximate surface area is 120 Å². The summed E-state index contributed by atoms with van der Waals surface area (Å²) in [5.74, 6) is 0.250. The lowest BCUT2D eigenvalue weighted by atomic mass is 10.1. The number of benzene rings is 1. The number of amides is 1. The number of carbonyl (C=O) groups is 1. The molecule has 0 saturated carbocycles. The minimum atomic E-state index is -0.784. The maximum absolute atomic E-state index is 12.0. The number of hydrogen-bond donors (Lipinski definition) is 1. The van der Waals surface area contributed by atoms with Crippen LogP contribution in [-0.4, -0.2) is 45.3 Å². The monoisotopic (exact) mass is 296 g/mol. The Balaban J connectivity index is 1.86. The van der Waals surface area contributed by atoms with E-state index in [-0.39, 0.29) is 17.3 Å². The number of thioether (sulfide) groups is 1. The van der Waals surface area contributed by atoms with E-state index in [0.29, 0.717) is 19.5 Å². The molecule has 1 N–H and O–H groups in total. The van der Waals surface area contributed by atoms with Gasteiger partial charge >= 0.3 is 0 Å². The van der Waals surface area contributed by atoms with Crippen molar-refractivity contribution in [2.24, 2.45) is 0 Å². The molecule has 1 atom stereocenters. The summed E-state index contributed by atoms with van der Waals surface area (Å²) in [6.07, 6.45) is 0.598. The van der Waals surface area contributed by atoms with E-state index in [4.69, 9.17) is 0 Å². The summed E-state index contributed by atoms with van der Waals surface area (Å²) < 4.78 is 0. The van der Waals surface area contributed by atoms with Gasteiger partial charge in [-0.25, -0.2) is 0 Å². The number of likely N-dealkylation sites (tertiary alicyclic amines) is 1. The molecule has 6 nitrogen and oxygen atoms in total. The van der Waals surface area contributed by atoms with Gasteiger partial charge in [-0.1, -0.05) is 0 Å². The molecule has 1 saturated heterocycles. The average Bonchev–Trinajstić information content (AvgIpc) is 2.77. The standard InChI is InChI=1S/C13H16N2O4S/c1-13(17)6-7-14(9-13)12(16)8-20-11-4-2-10(3-5-11)15(18)19/h2-5,17H,6-9H2,1H3. The van der Waals surface area contributed by atoms with Crippen LogP contribution < -0.4 is 0 Å². The van der Waals surface area contributed by atoms with Crippen molar-refractivity contribution in [2.45, 2.75) is 23.8 Å². The molecule has 2 rings (SSSR count). The average molecular weight is 296 g/mol. The zero-order valence-corrected chi connectivity index (χ0v) is 11.9. The van der Waals surface area contributed by atoms with Crippen molar-refractivity contribution in [1.29, 1.82) is 0 Å². The molecule has 0 bridgehead atoms.